The summed E-state index contributed by atoms with van der Waals surface area (Å²) in [6.07, 6.45) is 0. The fourth-order valence-electron chi connectivity index (χ4n) is 12.7. The van der Waals surface area contributed by atoms with Gasteiger partial charge in [0.05, 0.1) is 5.41 Å². The Labute approximate surface area is 400 Å². The summed E-state index contributed by atoms with van der Waals surface area (Å²) in [5.74, 6) is 0. The lowest BCUT2D eigenvalue weighted by Gasteiger charge is -2.35. The van der Waals surface area contributed by atoms with Gasteiger partial charge in [0.15, 0.2) is 0 Å². The molecular formula is C67H51N. The molecule has 0 saturated carbocycles. The highest BCUT2D eigenvalue weighted by Crippen LogP contribution is 2.58. The normalized spacial score (nSPS) is 14.8. The van der Waals surface area contributed by atoms with Gasteiger partial charge in [-0.2, -0.15) is 0 Å². The van der Waals surface area contributed by atoms with Gasteiger partial charge in [-0.3, -0.25) is 0 Å². The maximum atomic E-state index is 2.49. The summed E-state index contributed by atoms with van der Waals surface area (Å²) < 4.78 is 0. The first-order valence-corrected chi connectivity index (χ1v) is 24.1. The topological polar surface area (TPSA) is 3.24 Å². The van der Waals surface area contributed by atoms with Crippen molar-refractivity contribution in [2.45, 2.75) is 43.9 Å². The van der Waals surface area contributed by atoms with E-state index in [0.717, 1.165) is 17.1 Å². The fourth-order valence-corrected chi connectivity index (χ4v) is 12.7. The minimum atomic E-state index is -0.515. The van der Waals surface area contributed by atoms with Gasteiger partial charge in [0, 0.05) is 27.9 Å². The molecule has 0 atom stereocenters. The molecule has 0 amide bonds. The van der Waals surface area contributed by atoms with Gasteiger partial charge in [-0.05, 0) is 137 Å². The third kappa shape index (κ3) is 5.69. The zero-order valence-corrected chi connectivity index (χ0v) is 39.0. The van der Waals surface area contributed by atoms with Gasteiger partial charge >= 0.3 is 0 Å². The van der Waals surface area contributed by atoms with Gasteiger partial charge in [0.2, 0.25) is 0 Å². The first-order chi connectivity index (χ1) is 33.3. The summed E-state index contributed by atoms with van der Waals surface area (Å²) in [5, 5.41) is 0. The molecule has 10 aromatic carbocycles. The van der Waals surface area contributed by atoms with Crippen LogP contribution in [0.4, 0.5) is 17.1 Å². The molecule has 0 spiro atoms. The number of benzene rings is 10. The summed E-state index contributed by atoms with van der Waals surface area (Å²) in [7, 11) is 0. The Bertz CT molecular complexity index is 3570. The average molecular weight is 870 g/mol. The lowest BCUT2D eigenvalue weighted by molar-refractivity contribution is 0.660. The maximum absolute atomic E-state index is 2.49. The van der Waals surface area contributed by atoms with Gasteiger partial charge in [-0.25, -0.2) is 0 Å². The van der Waals surface area contributed by atoms with E-state index in [1.165, 1.54) is 100 Å². The minimum absolute atomic E-state index is 0.123. The molecule has 0 bridgehead atoms. The van der Waals surface area contributed by atoms with Crippen molar-refractivity contribution in [2.24, 2.45) is 0 Å². The highest BCUT2D eigenvalue weighted by atomic mass is 15.1. The fraction of sp³-hybridized carbons (Fsp3) is 0.104. The van der Waals surface area contributed by atoms with Crippen LogP contribution in [-0.2, 0) is 16.2 Å². The van der Waals surface area contributed by atoms with Crippen LogP contribution >= 0.6 is 0 Å². The zero-order chi connectivity index (χ0) is 45.8. The number of rotatable bonds is 7. The summed E-state index contributed by atoms with van der Waals surface area (Å²) in [4.78, 5) is 2.49. The van der Waals surface area contributed by atoms with E-state index in [1.54, 1.807) is 0 Å². The molecule has 0 unspecified atom stereocenters. The van der Waals surface area contributed by atoms with E-state index in [9.17, 15) is 0 Å². The number of fused-ring (bicyclic) bond motifs is 9. The van der Waals surface area contributed by atoms with E-state index in [2.05, 4.69) is 269 Å². The molecule has 0 heterocycles. The van der Waals surface area contributed by atoms with Crippen molar-refractivity contribution in [1.29, 1.82) is 0 Å². The van der Waals surface area contributed by atoms with Crippen LogP contribution in [0.15, 0.2) is 237 Å². The predicted molar refractivity (Wildman–Crippen MR) is 284 cm³/mol. The summed E-state index contributed by atoms with van der Waals surface area (Å²) >= 11 is 0. The molecule has 10 aromatic rings. The van der Waals surface area contributed by atoms with Crippen molar-refractivity contribution in [3.8, 4) is 55.6 Å². The summed E-state index contributed by atoms with van der Waals surface area (Å²) in [6, 6.07) is 88.7. The van der Waals surface area contributed by atoms with Crippen molar-refractivity contribution in [3.63, 3.8) is 0 Å². The summed E-state index contributed by atoms with van der Waals surface area (Å²) in [6.45, 7) is 9.52. The minimum Gasteiger partial charge on any atom is -0.310 e. The van der Waals surface area contributed by atoms with Crippen molar-refractivity contribution in [2.75, 3.05) is 4.90 Å². The molecule has 0 fully saturated rings. The quantitative estimate of drug-likeness (QED) is 0.154. The van der Waals surface area contributed by atoms with Crippen molar-refractivity contribution < 1.29 is 0 Å². The molecular weight excluding hydrogens is 819 g/mol. The van der Waals surface area contributed by atoms with Crippen LogP contribution < -0.4 is 4.90 Å². The van der Waals surface area contributed by atoms with E-state index >= 15 is 0 Å². The predicted octanol–water partition coefficient (Wildman–Crippen LogP) is 17.5. The second-order valence-electron chi connectivity index (χ2n) is 20.0. The van der Waals surface area contributed by atoms with Crippen LogP contribution in [0, 0.1) is 0 Å². The smallest absolute Gasteiger partial charge is 0.0714 e. The standard InChI is InChI=1S/C67H51N/c1-65(2)59-31-16-13-26-52(59)55-40-38-48(42-62(55)65)68(49-39-41-56-53-27-15-18-33-61(53)67(63(56)43-49,45-20-7-5-8-21-45)46-22-9-6-10-23-46)47-36-34-44(35-37-47)50-24-11-12-25-51(50)57-29-19-30-58-54-28-14-17-32-60(54)66(3,4)64(57)58/h5-43H,1-4H3. The third-order valence-corrected chi connectivity index (χ3v) is 15.8. The molecule has 0 aromatic heterocycles. The first kappa shape index (κ1) is 40.3. The number of anilines is 3. The largest absolute Gasteiger partial charge is 0.310 e. The third-order valence-electron chi connectivity index (χ3n) is 15.8. The van der Waals surface area contributed by atoms with E-state index in [1.807, 2.05) is 0 Å². The van der Waals surface area contributed by atoms with Crippen molar-refractivity contribution >= 4 is 17.1 Å². The second-order valence-corrected chi connectivity index (χ2v) is 20.0. The molecule has 0 aliphatic heterocycles. The molecule has 3 aliphatic rings. The molecule has 0 N–H and O–H groups in total. The molecule has 0 radical (unpaired) electrons. The van der Waals surface area contributed by atoms with Gasteiger partial charge < -0.3 is 4.90 Å². The van der Waals surface area contributed by atoms with Gasteiger partial charge in [-0.15, -0.1) is 0 Å². The first-order valence-electron chi connectivity index (χ1n) is 24.1. The Morgan fingerprint density at radius 2 is 0.662 bits per heavy atom. The molecule has 0 saturated heterocycles. The SMILES string of the molecule is CC1(C)c2ccccc2-c2ccc(N(c3ccc(-c4ccccc4-c4cccc5c4C(C)(C)c4ccccc4-5)cc3)c3ccc4c(c3)C(c3ccccc3)(c3ccccc3)c3ccccc3-4)cc21. The Morgan fingerprint density at radius 3 is 1.26 bits per heavy atom. The van der Waals surface area contributed by atoms with Crippen LogP contribution in [0.3, 0.4) is 0 Å². The van der Waals surface area contributed by atoms with Gasteiger partial charge in [0.25, 0.3) is 0 Å². The van der Waals surface area contributed by atoms with Gasteiger partial charge in [0.1, 0.15) is 0 Å². The van der Waals surface area contributed by atoms with Crippen LogP contribution in [0.1, 0.15) is 72.2 Å². The zero-order valence-electron chi connectivity index (χ0n) is 39.0. The Hall–Kier alpha value is -8.00. The maximum Gasteiger partial charge on any atom is 0.0714 e. The van der Waals surface area contributed by atoms with Crippen LogP contribution in [0.2, 0.25) is 0 Å². The van der Waals surface area contributed by atoms with Crippen LogP contribution in [0.25, 0.3) is 55.6 Å². The number of hydrogen-bond donors (Lipinski definition) is 0. The van der Waals surface area contributed by atoms with E-state index in [0.29, 0.717) is 0 Å². The monoisotopic (exact) mass is 869 g/mol. The van der Waals surface area contributed by atoms with E-state index < -0.39 is 5.41 Å². The molecule has 1 nitrogen and oxygen atoms in total. The Balaban J connectivity index is 0.995. The Morgan fingerprint density at radius 1 is 0.265 bits per heavy atom. The lowest BCUT2D eigenvalue weighted by atomic mass is 9.67. The van der Waals surface area contributed by atoms with Crippen LogP contribution in [-0.4, -0.2) is 0 Å². The molecule has 13 rings (SSSR count). The number of nitrogens with zero attached hydrogens (tertiary/aromatic N) is 1. The molecule has 3 aliphatic carbocycles. The molecule has 324 valence electrons. The average Bonchev–Trinajstić information content (AvgIpc) is 3.92. The van der Waals surface area contributed by atoms with Crippen molar-refractivity contribution in [3.05, 3.63) is 281 Å². The highest BCUT2D eigenvalue weighted by molar-refractivity contribution is 5.94. The van der Waals surface area contributed by atoms with E-state index in [-0.39, 0.29) is 10.8 Å². The highest BCUT2D eigenvalue weighted by Gasteiger charge is 2.46. The van der Waals surface area contributed by atoms with Crippen LogP contribution in [0.5, 0.6) is 0 Å². The van der Waals surface area contributed by atoms with Crippen molar-refractivity contribution in [1.82, 2.24) is 0 Å². The lowest BCUT2D eigenvalue weighted by Crippen LogP contribution is -2.28. The molecule has 1 heteroatoms. The second kappa shape index (κ2) is 15.0. The molecule has 68 heavy (non-hydrogen) atoms. The Kier molecular flexibility index (Phi) is 8.89. The number of hydrogen-bond acceptors (Lipinski definition) is 1. The summed E-state index contributed by atoms with van der Waals surface area (Å²) in [5.41, 5.74) is 26.1. The van der Waals surface area contributed by atoms with Gasteiger partial charge in [-0.1, -0.05) is 228 Å². The van der Waals surface area contributed by atoms with E-state index in [4.69, 9.17) is 0 Å².